The molecular weight excluding hydrogens is 262 g/mol. The van der Waals surface area contributed by atoms with Crippen LogP contribution in [0.5, 0.6) is 5.75 Å². The highest BCUT2D eigenvalue weighted by atomic mass is 16.5. The van der Waals surface area contributed by atoms with Crippen molar-refractivity contribution < 1.29 is 9.15 Å². The Kier molecular flexibility index (Phi) is 4.03. The number of para-hydroxylation sites is 1. The molecule has 0 bridgehead atoms. The van der Waals surface area contributed by atoms with Gasteiger partial charge in [-0.15, -0.1) is 0 Å². The van der Waals surface area contributed by atoms with Gasteiger partial charge in [-0.05, 0) is 17.7 Å². The van der Waals surface area contributed by atoms with Crippen LogP contribution in [0.3, 0.4) is 0 Å². The van der Waals surface area contributed by atoms with E-state index in [0.717, 1.165) is 28.2 Å². The van der Waals surface area contributed by atoms with Crippen LogP contribution in [-0.2, 0) is 13.2 Å². The Balaban J connectivity index is 1.83. The largest absolute Gasteiger partial charge is 0.488 e. The minimum absolute atomic E-state index is 0.381. The smallest absolute Gasteiger partial charge is 0.127 e. The van der Waals surface area contributed by atoms with Crippen molar-refractivity contribution in [3.63, 3.8) is 0 Å². The number of hydrogen-bond donors (Lipinski definition) is 1. The Morgan fingerprint density at radius 3 is 2.48 bits per heavy atom. The van der Waals surface area contributed by atoms with Gasteiger partial charge < -0.3 is 14.9 Å². The molecule has 2 N–H and O–H groups in total. The van der Waals surface area contributed by atoms with Gasteiger partial charge in [0, 0.05) is 11.1 Å². The molecule has 1 heterocycles. The molecule has 106 valence electrons. The predicted molar refractivity (Wildman–Crippen MR) is 82.8 cm³/mol. The van der Waals surface area contributed by atoms with E-state index in [-0.39, 0.29) is 0 Å². The maximum atomic E-state index is 5.96. The lowest BCUT2D eigenvalue weighted by molar-refractivity contribution is 0.303. The highest BCUT2D eigenvalue weighted by Gasteiger charge is 2.08. The molecule has 0 spiro atoms. The van der Waals surface area contributed by atoms with Crippen LogP contribution >= 0.6 is 0 Å². The summed E-state index contributed by atoms with van der Waals surface area (Å²) in [5.74, 6) is 1.63. The lowest BCUT2D eigenvalue weighted by Gasteiger charge is -2.11. The Bertz CT molecular complexity index is 704. The van der Waals surface area contributed by atoms with E-state index in [9.17, 15) is 0 Å². The van der Waals surface area contributed by atoms with Crippen LogP contribution in [0.25, 0.3) is 11.1 Å². The van der Waals surface area contributed by atoms with Gasteiger partial charge in [-0.25, -0.2) is 0 Å². The first-order valence-corrected chi connectivity index (χ1v) is 6.91. The number of nitrogens with two attached hydrogens (primary N) is 1. The lowest BCUT2D eigenvalue weighted by atomic mass is 10.1. The van der Waals surface area contributed by atoms with Crippen LogP contribution in [0.4, 0.5) is 0 Å². The molecule has 0 aliphatic rings. The Hall–Kier alpha value is -2.52. The second-order valence-electron chi connectivity index (χ2n) is 4.72. The fourth-order valence-corrected chi connectivity index (χ4v) is 2.28. The maximum Gasteiger partial charge on any atom is 0.127 e. The molecule has 0 fully saturated rings. The predicted octanol–water partition coefficient (Wildman–Crippen LogP) is 3.98. The van der Waals surface area contributed by atoms with E-state index in [0.29, 0.717) is 13.2 Å². The van der Waals surface area contributed by atoms with Crippen LogP contribution in [0.1, 0.15) is 11.3 Å². The van der Waals surface area contributed by atoms with E-state index in [2.05, 4.69) is 18.2 Å². The summed E-state index contributed by atoms with van der Waals surface area (Å²) < 4.78 is 11.3. The third-order valence-electron chi connectivity index (χ3n) is 3.38. The zero-order valence-corrected chi connectivity index (χ0v) is 11.7. The molecule has 0 unspecified atom stereocenters. The highest BCUT2D eigenvalue weighted by Crippen LogP contribution is 2.30. The van der Waals surface area contributed by atoms with Crippen molar-refractivity contribution in [1.29, 1.82) is 0 Å². The van der Waals surface area contributed by atoms with Crippen LogP contribution in [-0.4, -0.2) is 0 Å². The summed E-state index contributed by atoms with van der Waals surface area (Å²) in [5, 5.41) is 0. The Morgan fingerprint density at radius 1 is 0.905 bits per heavy atom. The van der Waals surface area contributed by atoms with E-state index >= 15 is 0 Å². The maximum absolute atomic E-state index is 5.96. The first-order valence-electron chi connectivity index (χ1n) is 6.91. The van der Waals surface area contributed by atoms with Crippen LogP contribution in [0, 0.1) is 0 Å². The standard InChI is InChI=1S/C18H17NO2/c19-12-18-15(10-11-20-18)13-21-17-9-5-4-8-16(17)14-6-2-1-3-7-14/h1-11H,12-13,19H2. The molecule has 0 saturated heterocycles. The number of furan rings is 1. The average molecular weight is 279 g/mol. The SMILES string of the molecule is NCc1occc1COc1ccccc1-c1ccccc1. The van der Waals surface area contributed by atoms with E-state index in [1.807, 2.05) is 42.5 Å². The third kappa shape index (κ3) is 2.98. The van der Waals surface area contributed by atoms with Crippen molar-refractivity contribution in [3.05, 3.63) is 78.3 Å². The van der Waals surface area contributed by atoms with Crippen LogP contribution in [0.15, 0.2) is 71.3 Å². The van der Waals surface area contributed by atoms with Gasteiger partial charge in [0.2, 0.25) is 0 Å². The highest BCUT2D eigenvalue weighted by molar-refractivity contribution is 5.70. The number of benzene rings is 2. The quantitative estimate of drug-likeness (QED) is 0.768. The molecule has 2 aromatic carbocycles. The molecule has 3 rings (SSSR count). The molecule has 0 amide bonds. The van der Waals surface area contributed by atoms with Crippen molar-refractivity contribution in [2.24, 2.45) is 5.73 Å². The van der Waals surface area contributed by atoms with Gasteiger partial charge in [0.25, 0.3) is 0 Å². The minimum atomic E-state index is 0.381. The first kappa shape index (κ1) is 13.5. The zero-order valence-electron chi connectivity index (χ0n) is 11.7. The van der Waals surface area contributed by atoms with Crippen molar-refractivity contribution in [1.82, 2.24) is 0 Å². The molecular formula is C18H17NO2. The molecule has 1 aromatic heterocycles. The fourth-order valence-electron chi connectivity index (χ4n) is 2.28. The van der Waals surface area contributed by atoms with Crippen LogP contribution < -0.4 is 10.5 Å². The summed E-state index contributed by atoms with van der Waals surface area (Å²) >= 11 is 0. The Labute approximate surface area is 124 Å². The van der Waals surface area contributed by atoms with Gasteiger partial charge >= 0.3 is 0 Å². The summed E-state index contributed by atoms with van der Waals surface area (Å²) in [4.78, 5) is 0. The van der Waals surface area contributed by atoms with E-state index in [4.69, 9.17) is 14.9 Å². The van der Waals surface area contributed by atoms with Crippen molar-refractivity contribution in [3.8, 4) is 16.9 Å². The molecule has 3 nitrogen and oxygen atoms in total. The monoisotopic (exact) mass is 279 g/mol. The second kappa shape index (κ2) is 6.29. The van der Waals surface area contributed by atoms with E-state index in [1.54, 1.807) is 6.26 Å². The number of rotatable bonds is 5. The molecule has 21 heavy (non-hydrogen) atoms. The minimum Gasteiger partial charge on any atom is -0.488 e. The summed E-state index contributed by atoms with van der Waals surface area (Å²) in [6.45, 7) is 0.832. The molecule has 0 saturated carbocycles. The van der Waals surface area contributed by atoms with E-state index < -0.39 is 0 Å². The molecule has 0 aliphatic heterocycles. The van der Waals surface area contributed by atoms with Crippen molar-refractivity contribution >= 4 is 0 Å². The molecule has 0 aliphatic carbocycles. The zero-order chi connectivity index (χ0) is 14.5. The van der Waals surface area contributed by atoms with Crippen molar-refractivity contribution in [2.75, 3.05) is 0 Å². The van der Waals surface area contributed by atoms with E-state index in [1.165, 1.54) is 0 Å². The second-order valence-corrected chi connectivity index (χ2v) is 4.72. The summed E-state index contributed by atoms with van der Waals surface area (Å²) in [6, 6.07) is 20.1. The van der Waals surface area contributed by atoms with Gasteiger partial charge in [-0.1, -0.05) is 48.5 Å². The van der Waals surface area contributed by atoms with Gasteiger partial charge in [-0.3, -0.25) is 0 Å². The molecule has 0 radical (unpaired) electrons. The normalized spacial score (nSPS) is 10.5. The Morgan fingerprint density at radius 2 is 1.67 bits per heavy atom. The molecule has 3 aromatic rings. The third-order valence-corrected chi connectivity index (χ3v) is 3.38. The molecule has 0 atom stereocenters. The van der Waals surface area contributed by atoms with Gasteiger partial charge in [-0.2, -0.15) is 0 Å². The number of hydrogen-bond acceptors (Lipinski definition) is 3. The lowest BCUT2D eigenvalue weighted by Crippen LogP contribution is -2.02. The first-order chi connectivity index (χ1) is 10.4. The van der Waals surface area contributed by atoms with Crippen LogP contribution in [0.2, 0.25) is 0 Å². The van der Waals surface area contributed by atoms with Crippen molar-refractivity contribution in [2.45, 2.75) is 13.2 Å². The summed E-state index contributed by atoms with van der Waals surface area (Å²) in [6.07, 6.45) is 1.64. The molecule has 3 heteroatoms. The topological polar surface area (TPSA) is 48.4 Å². The van der Waals surface area contributed by atoms with Gasteiger partial charge in [0.1, 0.15) is 18.1 Å². The van der Waals surface area contributed by atoms with Gasteiger partial charge in [0.15, 0.2) is 0 Å². The van der Waals surface area contributed by atoms with Gasteiger partial charge in [0.05, 0.1) is 12.8 Å². The average Bonchev–Trinajstić information content (AvgIpc) is 3.01. The fraction of sp³-hybridized carbons (Fsp3) is 0.111. The summed E-state index contributed by atoms with van der Waals surface area (Å²) in [7, 11) is 0. The summed E-state index contributed by atoms with van der Waals surface area (Å²) in [5.41, 5.74) is 8.84. The number of ether oxygens (including phenoxy) is 1.